The molecule has 1 heterocycles. The normalized spacial score (nSPS) is 11.7. The van der Waals surface area contributed by atoms with Crippen LogP contribution in [0.3, 0.4) is 0 Å². The van der Waals surface area contributed by atoms with Gasteiger partial charge in [0.1, 0.15) is 11.2 Å². The summed E-state index contributed by atoms with van der Waals surface area (Å²) in [5.41, 5.74) is 14.4. The number of hydrogen-bond acceptors (Lipinski definition) is 1. The largest absolute Gasteiger partial charge is 0.455 e. The van der Waals surface area contributed by atoms with Crippen LogP contribution < -0.4 is 0 Å². The molecule has 81 heavy (non-hydrogen) atoms. The first kappa shape index (κ1) is 46.5. The molecule has 0 atom stereocenters. The molecular weight excluding hydrogens is 977 g/mol. The zero-order valence-corrected chi connectivity index (χ0v) is 44.3. The van der Waals surface area contributed by atoms with Gasteiger partial charge < -0.3 is 4.42 Å². The molecule has 0 saturated carbocycles. The van der Waals surface area contributed by atoms with E-state index in [1.807, 2.05) is 0 Å². The predicted molar refractivity (Wildman–Crippen MR) is 347 cm³/mol. The number of fused-ring (bicyclic) bond motifs is 12. The van der Waals surface area contributed by atoms with Gasteiger partial charge in [-0.1, -0.05) is 267 Å². The van der Waals surface area contributed by atoms with Crippen molar-refractivity contribution < 1.29 is 4.42 Å². The molecule has 0 aliphatic rings. The Hall–Kier alpha value is -10.6. The average Bonchev–Trinajstić information content (AvgIpc) is 4.19. The third-order valence-corrected chi connectivity index (χ3v) is 16.8. The SMILES string of the molecule is c1cc(-c2ccc3ccccc3c2)cc(-c2c3ccccc3c(-c3ccc4ccccc4c3)c3ccccc23)c1.c1ccc2cc(-c3c4ccccc4c(-c4cccc5oc6c7ccccc7ccc6c45)c4ccccc34)ccc2c1. The molecule has 17 rings (SSSR count). The molecule has 17 aromatic rings. The van der Waals surface area contributed by atoms with E-state index >= 15 is 0 Å². The quantitative estimate of drug-likeness (QED) is 0.157. The number of benzene rings is 16. The zero-order valence-electron chi connectivity index (χ0n) is 44.3. The summed E-state index contributed by atoms with van der Waals surface area (Å²) in [7, 11) is 0. The van der Waals surface area contributed by atoms with Crippen LogP contribution in [0.1, 0.15) is 0 Å². The van der Waals surface area contributed by atoms with Crippen molar-refractivity contribution in [3.63, 3.8) is 0 Å². The maximum Gasteiger partial charge on any atom is 0.143 e. The molecule has 0 aliphatic heterocycles. The van der Waals surface area contributed by atoms with Crippen molar-refractivity contribution in [3.8, 4) is 55.6 Å². The van der Waals surface area contributed by atoms with Gasteiger partial charge in [0.25, 0.3) is 0 Å². The van der Waals surface area contributed by atoms with Crippen molar-refractivity contribution in [1.29, 1.82) is 0 Å². The molecular formula is C80H50O. The lowest BCUT2D eigenvalue weighted by molar-refractivity contribution is 0.673. The van der Waals surface area contributed by atoms with Crippen LogP contribution in [-0.2, 0) is 0 Å². The summed E-state index contributed by atoms with van der Waals surface area (Å²) < 4.78 is 6.59. The second-order valence-corrected chi connectivity index (χ2v) is 21.4. The highest BCUT2D eigenvalue weighted by molar-refractivity contribution is 6.27. The first-order chi connectivity index (χ1) is 40.2. The van der Waals surface area contributed by atoms with Gasteiger partial charge in [-0.15, -0.1) is 0 Å². The van der Waals surface area contributed by atoms with Gasteiger partial charge >= 0.3 is 0 Å². The lowest BCUT2D eigenvalue weighted by Crippen LogP contribution is -1.91. The Kier molecular flexibility index (Phi) is 11.0. The van der Waals surface area contributed by atoms with Gasteiger partial charge in [-0.3, -0.25) is 0 Å². The molecule has 0 spiro atoms. The summed E-state index contributed by atoms with van der Waals surface area (Å²) in [6, 6.07) is 110. The Labute approximate surface area is 468 Å². The minimum absolute atomic E-state index is 0.917. The average molecular weight is 1030 g/mol. The standard InChI is InChI=1S/C40H24O.C40H26/c1-2-12-27-24-28(21-20-25(27)10-1)37-30-14-5-7-16-32(30)38(33-17-8-6-15-31(33)37)34-18-9-19-36-39(34)35-23-22-26-11-3-4-13-29(26)40(35)41-36;1-3-12-29-24-32(22-20-27(29)10-1)31-14-9-15-33(26-31)39-35-16-5-7-18-37(35)40(38-19-8-6-17-36(38)39)34-23-21-28-11-2-4-13-30(28)25-34/h1-24H;1-26H. The van der Waals surface area contributed by atoms with Gasteiger partial charge in [0.15, 0.2) is 0 Å². The molecule has 16 aromatic carbocycles. The van der Waals surface area contributed by atoms with Gasteiger partial charge in [0.2, 0.25) is 0 Å². The molecule has 1 heteroatoms. The Bertz CT molecular complexity index is 5250. The summed E-state index contributed by atoms with van der Waals surface area (Å²) in [6.07, 6.45) is 0. The zero-order chi connectivity index (χ0) is 53.4. The highest BCUT2D eigenvalue weighted by Gasteiger charge is 2.22. The van der Waals surface area contributed by atoms with E-state index in [-0.39, 0.29) is 0 Å². The molecule has 0 N–H and O–H groups in total. The summed E-state index contributed by atoms with van der Waals surface area (Å²) in [4.78, 5) is 0. The third kappa shape index (κ3) is 7.77. The topological polar surface area (TPSA) is 13.1 Å². The fraction of sp³-hybridized carbons (Fsp3) is 0. The molecule has 1 nitrogen and oxygen atoms in total. The fourth-order valence-electron chi connectivity index (χ4n) is 13.2. The van der Waals surface area contributed by atoms with Crippen molar-refractivity contribution in [3.05, 3.63) is 303 Å². The van der Waals surface area contributed by atoms with Gasteiger partial charge in [-0.2, -0.15) is 0 Å². The van der Waals surface area contributed by atoms with Gasteiger partial charge in [0.05, 0.1) is 0 Å². The van der Waals surface area contributed by atoms with Crippen LogP contribution in [0.2, 0.25) is 0 Å². The molecule has 0 amide bonds. The summed E-state index contributed by atoms with van der Waals surface area (Å²) >= 11 is 0. The van der Waals surface area contributed by atoms with Crippen molar-refractivity contribution in [2.75, 3.05) is 0 Å². The van der Waals surface area contributed by atoms with Gasteiger partial charge in [-0.25, -0.2) is 0 Å². The highest BCUT2D eigenvalue weighted by Crippen LogP contribution is 2.49. The lowest BCUT2D eigenvalue weighted by Gasteiger charge is -2.18. The number of rotatable bonds is 5. The van der Waals surface area contributed by atoms with Crippen LogP contribution in [0.15, 0.2) is 308 Å². The van der Waals surface area contributed by atoms with E-state index in [1.165, 1.54) is 142 Å². The predicted octanol–water partition coefficient (Wildman–Crippen LogP) is 22.8. The first-order valence-corrected chi connectivity index (χ1v) is 28.0. The maximum absolute atomic E-state index is 6.59. The monoisotopic (exact) mass is 1030 g/mol. The van der Waals surface area contributed by atoms with Crippen molar-refractivity contribution in [2.45, 2.75) is 0 Å². The molecule has 0 saturated heterocycles. The van der Waals surface area contributed by atoms with E-state index in [2.05, 4.69) is 303 Å². The van der Waals surface area contributed by atoms with E-state index in [4.69, 9.17) is 4.42 Å². The minimum atomic E-state index is 0.917. The molecule has 0 bridgehead atoms. The minimum Gasteiger partial charge on any atom is -0.455 e. The summed E-state index contributed by atoms with van der Waals surface area (Å²) in [5, 5.41) is 22.4. The van der Waals surface area contributed by atoms with E-state index in [9.17, 15) is 0 Å². The second kappa shape index (κ2) is 19.1. The van der Waals surface area contributed by atoms with E-state index in [0.717, 1.165) is 21.9 Å². The fourth-order valence-corrected chi connectivity index (χ4v) is 13.2. The smallest absolute Gasteiger partial charge is 0.143 e. The number of hydrogen-bond donors (Lipinski definition) is 0. The molecule has 376 valence electrons. The Morgan fingerprint density at radius 2 is 0.519 bits per heavy atom. The van der Waals surface area contributed by atoms with Crippen LogP contribution in [0.25, 0.3) is 164 Å². The molecule has 0 aliphatic carbocycles. The Morgan fingerprint density at radius 1 is 0.185 bits per heavy atom. The highest BCUT2D eigenvalue weighted by atomic mass is 16.3. The number of furan rings is 1. The van der Waals surface area contributed by atoms with E-state index in [1.54, 1.807) is 0 Å². The van der Waals surface area contributed by atoms with E-state index in [0.29, 0.717) is 0 Å². The second-order valence-electron chi connectivity index (χ2n) is 21.4. The summed E-state index contributed by atoms with van der Waals surface area (Å²) in [5.74, 6) is 0. The molecule has 0 radical (unpaired) electrons. The van der Waals surface area contributed by atoms with Gasteiger partial charge in [-0.05, 0) is 173 Å². The first-order valence-electron chi connectivity index (χ1n) is 28.0. The van der Waals surface area contributed by atoms with Crippen LogP contribution in [0, 0.1) is 0 Å². The Morgan fingerprint density at radius 3 is 1.00 bits per heavy atom. The van der Waals surface area contributed by atoms with Crippen LogP contribution in [0.5, 0.6) is 0 Å². The molecule has 0 unspecified atom stereocenters. The lowest BCUT2D eigenvalue weighted by atomic mass is 9.84. The van der Waals surface area contributed by atoms with Crippen LogP contribution in [-0.4, -0.2) is 0 Å². The third-order valence-electron chi connectivity index (χ3n) is 16.8. The van der Waals surface area contributed by atoms with Crippen LogP contribution in [0.4, 0.5) is 0 Å². The van der Waals surface area contributed by atoms with Crippen molar-refractivity contribution in [1.82, 2.24) is 0 Å². The van der Waals surface area contributed by atoms with E-state index < -0.39 is 0 Å². The molecule has 0 fully saturated rings. The van der Waals surface area contributed by atoms with Crippen LogP contribution >= 0.6 is 0 Å². The molecule has 1 aromatic heterocycles. The van der Waals surface area contributed by atoms with Crippen molar-refractivity contribution >= 4 is 108 Å². The van der Waals surface area contributed by atoms with Crippen molar-refractivity contribution in [2.24, 2.45) is 0 Å². The maximum atomic E-state index is 6.59. The Balaban J connectivity index is 0.000000134. The van der Waals surface area contributed by atoms with Gasteiger partial charge in [0, 0.05) is 16.2 Å². The summed E-state index contributed by atoms with van der Waals surface area (Å²) in [6.45, 7) is 0.